The molecule has 0 amide bonds. The minimum atomic E-state index is 0.639. The number of rotatable bonds is 3. The van der Waals surface area contributed by atoms with Crippen molar-refractivity contribution in [2.75, 3.05) is 24.5 Å². The van der Waals surface area contributed by atoms with Crippen LogP contribution in [0.25, 0.3) is 0 Å². The first-order chi connectivity index (χ1) is 7.79. The molecule has 3 heteroatoms. The van der Waals surface area contributed by atoms with Gasteiger partial charge in [-0.2, -0.15) is 0 Å². The van der Waals surface area contributed by atoms with Crippen molar-refractivity contribution in [1.29, 1.82) is 0 Å². The zero-order valence-electron chi connectivity index (χ0n) is 10.2. The van der Waals surface area contributed by atoms with Crippen LogP contribution in [0.5, 0.6) is 0 Å². The van der Waals surface area contributed by atoms with Gasteiger partial charge in [0.25, 0.3) is 0 Å². The van der Waals surface area contributed by atoms with E-state index in [1.54, 1.807) is 0 Å². The van der Waals surface area contributed by atoms with Crippen molar-refractivity contribution in [3.63, 3.8) is 0 Å². The van der Waals surface area contributed by atoms with E-state index in [0.29, 0.717) is 6.04 Å². The summed E-state index contributed by atoms with van der Waals surface area (Å²) in [6.45, 7) is 7.55. The van der Waals surface area contributed by atoms with Crippen molar-refractivity contribution in [3.05, 3.63) is 24.0 Å². The summed E-state index contributed by atoms with van der Waals surface area (Å²) in [7, 11) is 0. The van der Waals surface area contributed by atoms with Crippen molar-refractivity contribution in [2.24, 2.45) is 0 Å². The molecule has 0 aromatic carbocycles. The van der Waals surface area contributed by atoms with Crippen LogP contribution in [0.15, 0.2) is 18.3 Å². The molecule has 2 heterocycles. The molecule has 1 N–H and O–H groups in total. The molecule has 1 saturated heterocycles. The number of pyridine rings is 1. The summed E-state index contributed by atoms with van der Waals surface area (Å²) in [5, 5.41) is 3.57. The molecule has 3 nitrogen and oxygen atoms in total. The van der Waals surface area contributed by atoms with E-state index in [1.807, 2.05) is 13.1 Å². The largest absolute Gasteiger partial charge is 0.367 e. The van der Waals surface area contributed by atoms with Gasteiger partial charge in [0.05, 0.1) is 11.9 Å². The number of nitrogens with one attached hydrogen (secondary N) is 1. The Bertz CT molecular complexity index is 318. The van der Waals surface area contributed by atoms with Gasteiger partial charge in [0, 0.05) is 31.4 Å². The van der Waals surface area contributed by atoms with E-state index in [9.17, 15) is 0 Å². The van der Waals surface area contributed by atoms with Crippen LogP contribution in [0.3, 0.4) is 0 Å². The summed E-state index contributed by atoms with van der Waals surface area (Å²) in [5.41, 5.74) is 2.34. The highest BCUT2D eigenvalue weighted by Gasteiger charge is 2.18. The molecular weight excluding hydrogens is 198 g/mol. The number of nitrogens with zero attached hydrogens (tertiary/aromatic N) is 2. The Balaban J connectivity index is 2.01. The highest BCUT2D eigenvalue weighted by Crippen LogP contribution is 2.16. The van der Waals surface area contributed by atoms with Gasteiger partial charge in [-0.1, -0.05) is 13.3 Å². The van der Waals surface area contributed by atoms with Gasteiger partial charge in [-0.25, -0.2) is 0 Å². The highest BCUT2D eigenvalue weighted by atomic mass is 15.2. The number of aromatic nitrogens is 1. The van der Waals surface area contributed by atoms with Crippen LogP contribution in [-0.4, -0.2) is 30.7 Å². The fraction of sp³-hybridized carbons (Fsp3) is 0.615. The van der Waals surface area contributed by atoms with Gasteiger partial charge in [0.2, 0.25) is 0 Å². The van der Waals surface area contributed by atoms with Gasteiger partial charge in [0.15, 0.2) is 0 Å². The van der Waals surface area contributed by atoms with Gasteiger partial charge in [-0.05, 0) is 25.5 Å². The Hall–Kier alpha value is -1.09. The normalized spacial score (nSPS) is 21.1. The second kappa shape index (κ2) is 5.30. The van der Waals surface area contributed by atoms with Crippen LogP contribution in [0.1, 0.15) is 25.5 Å². The van der Waals surface area contributed by atoms with E-state index in [0.717, 1.165) is 25.3 Å². The van der Waals surface area contributed by atoms with E-state index >= 15 is 0 Å². The molecule has 1 aliphatic rings. The lowest BCUT2D eigenvalue weighted by atomic mass is 10.1. The second-order valence-electron chi connectivity index (χ2n) is 4.54. The first-order valence-electron chi connectivity index (χ1n) is 6.20. The Morgan fingerprint density at radius 1 is 1.50 bits per heavy atom. The Morgan fingerprint density at radius 2 is 2.38 bits per heavy atom. The minimum Gasteiger partial charge on any atom is -0.367 e. The third kappa shape index (κ3) is 2.73. The molecule has 2 rings (SSSR count). The van der Waals surface area contributed by atoms with Crippen LogP contribution in [0.4, 0.5) is 5.69 Å². The Morgan fingerprint density at radius 3 is 3.06 bits per heavy atom. The average Bonchev–Trinajstić information content (AvgIpc) is 2.31. The highest BCUT2D eigenvalue weighted by molar-refractivity contribution is 5.45. The maximum Gasteiger partial charge on any atom is 0.0553 e. The van der Waals surface area contributed by atoms with Crippen LogP contribution in [-0.2, 0) is 0 Å². The average molecular weight is 219 g/mol. The van der Waals surface area contributed by atoms with Gasteiger partial charge in [-0.3, -0.25) is 4.98 Å². The predicted octanol–water partition coefficient (Wildman–Crippen LogP) is 1.97. The fourth-order valence-electron chi connectivity index (χ4n) is 2.25. The zero-order valence-corrected chi connectivity index (χ0v) is 10.2. The van der Waals surface area contributed by atoms with Crippen molar-refractivity contribution in [3.8, 4) is 0 Å². The quantitative estimate of drug-likeness (QED) is 0.842. The summed E-state index contributed by atoms with van der Waals surface area (Å²) >= 11 is 0. The standard InChI is InChI=1S/C13H21N3/c1-3-4-12-10-16(8-7-14-12)13-6-5-11(2)15-9-13/h5-6,9,12,14H,3-4,7-8,10H2,1-2H3. The first-order valence-corrected chi connectivity index (χ1v) is 6.20. The maximum atomic E-state index is 4.36. The minimum absolute atomic E-state index is 0.639. The second-order valence-corrected chi connectivity index (χ2v) is 4.54. The first kappa shape index (κ1) is 11.4. The Kier molecular flexibility index (Phi) is 3.78. The molecule has 1 fully saturated rings. The predicted molar refractivity (Wildman–Crippen MR) is 67.9 cm³/mol. The van der Waals surface area contributed by atoms with Crippen LogP contribution >= 0.6 is 0 Å². The molecule has 0 aliphatic carbocycles. The van der Waals surface area contributed by atoms with Gasteiger partial charge in [0.1, 0.15) is 0 Å². The Labute approximate surface area is 97.9 Å². The van der Waals surface area contributed by atoms with E-state index in [-0.39, 0.29) is 0 Å². The molecule has 0 bridgehead atoms. The summed E-state index contributed by atoms with van der Waals surface area (Å²) in [5.74, 6) is 0. The lowest BCUT2D eigenvalue weighted by Crippen LogP contribution is -2.50. The molecule has 0 spiro atoms. The van der Waals surface area contributed by atoms with Crippen LogP contribution < -0.4 is 10.2 Å². The molecule has 16 heavy (non-hydrogen) atoms. The summed E-state index contributed by atoms with van der Waals surface area (Å²) < 4.78 is 0. The monoisotopic (exact) mass is 219 g/mol. The number of piperazine rings is 1. The third-order valence-electron chi connectivity index (χ3n) is 3.15. The third-order valence-corrected chi connectivity index (χ3v) is 3.15. The van der Waals surface area contributed by atoms with Crippen LogP contribution in [0.2, 0.25) is 0 Å². The summed E-state index contributed by atoms with van der Waals surface area (Å²) in [6.07, 6.45) is 4.50. The van der Waals surface area contributed by atoms with Crippen molar-refractivity contribution in [1.82, 2.24) is 10.3 Å². The fourth-order valence-corrected chi connectivity index (χ4v) is 2.25. The van der Waals surface area contributed by atoms with Gasteiger partial charge < -0.3 is 10.2 Å². The number of hydrogen-bond acceptors (Lipinski definition) is 3. The molecule has 1 aromatic rings. The molecule has 1 unspecified atom stereocenters. The van der Waals surface area contributed by atoms with Crippen molar-refractivity contribution in [2.45, 2.75) is 32.7 Å². The summed E-state index contributed by atoms with van der Waals surface area (Å²) in [6, 6.07) is 4.91. The molecule has 1 atom stereocenters. The SMILES string of the molecule is CCCC1CN(c2ccc(C)nc2)CCN1. The molecular formula is C13H21N3. The molecule has 1 aliphatic heterocycles. The summed E-state index contributed by atoms with van der Waals surface area (Å²) in [4.78, 5) is 6.80. The molecule has 88 valence electrons. The zero-order chi connectivity index (χ0) is 11.4. The van der Waals surface area contributed by atoms with E-state index < -0.39 is 0 Å². The number of anilines is 1. The van der Waals surface area contributed by atoms with E-state index in [4.69, 9.17) is 0 Å². The molecule has 1 aromatic heterocycles. The van der Waals surface area contributed by atoms with E-state index in [2.05, 4.69) is 34.3 Å². The topological polar surface area (TPSA) is 28.2 Å². The number of hydrogen-bond donors (Lipinski definition) is 1. The van der Waals surface area contributed by atoms with Crippen molar-refractivity contribution >= 4 is 5.69 Å². The lowest BCUT2D eigenvalue weighted by Gasteiger charge is -2.35. The van der Waals surface area contributed by atoms with Gasteiger partial charge >= 0.3 is 0 Å². The van der Waals surface area contributed by atoms with Gasteiger partial charge in [-0.15, -0.1) is 0 Å². The molecule has 0 radical (unpaired) electrons. The maximum absolute atomic E-state index is 4.36. The molecule has 0 saturated carbocycles. The smallest absolute Gasteiger partial charge is 0.0553 e. The number of aryl methyl sites for hydroxylation is 1. The van der Waals surface area contributed by atoms with Crippen LogP contribution in [0, 0.1) is 6.92 Å². The lowest BCUT2D eigenvalue weighted by molar-refractivity contribution is 0.430. The van der Waals surface area contributed by atoms with E-state index in [1.165, 1.54) is 18.5 Å². The van der Waals surface area contributed by atoms with Crippen molar-refractivity contribution < 1.29 is 0 Å².